The van der Waals surface area contributed by atoms with Crippen LogP contribution in [0.4, 0.5) is 22.1 Å². The first-order valence-electron chi connectivity index (χ1n) is 13.6. The van der Waals surface area contributed by atoms with Gasteiger partial charge in [-0.05, 0) is 36.4 Å². The molecule has 0 bridgehead atoms. The highest BCUT2D eigenvalue weighted by molar-refractivity contribution is 5.98. The van der Waals surface area contributed by atoms with Crippen LogP contribution in [-0.4, -0.2) is 61.4 Å². The molecule has 2 aromatic heterocycles. The number of fused-ring (bicyclic) bond motifs is 1. The minimum absolute atomic E-state index is 0.0639. The van der Waals surface area contributed by atoms with Crippen LogP contribution in [0.2, 0.25) is 0 Å². The molecule has 0 unspecified atom stereocenters. The number of nitrogens with one attached hydrogen (secondary N) is 1. The number of carbonyl (C=O) groups excluding carboxylic acids is 3. The molecule has 3 aromatic carbocycles. The number of amides is 2. The van der Waals surface area contributed by atoms with Gasteiger partial charge in [0.2, 0.25) is 11.9 Å². The van der Waals surface area contributed by atoms with Gasteiger partial charge in [0.25, 0.3) is 5.88 Å². The Morgan fingerprint density at radius 2 is 1.55 bits per heavy atom. The highest BCUT2D eigenvalue weighted by Gasteiger charge is 2.41. The molecule has 3 heterocycles. The predicted octanol–water partition coefficient (Wildman–Crippen LogP) is 4.24. The lowest BCUT2D eigenvalue weighted by Gasteiger charge is -2.22. The third-order valence-electron chi connectivity index (χ3n) is 6.72. The Morgan fingerprint density at radius 1 is 0.932 bits per heavy atom. The first kappa shape index (κ1) is 28.5. The maximum atomic E-state index is 13.7. The number of aliphatic hydroxyl groups excluding tert-OH is 1. The summed E-state index contributed by atoms with van der Waals surface area (Å²) in [4.78, 5) is 52.5. The summed E-state index contributed by atoms with van der Waals surface area (Å²) in [6, 6.07) is 26.2. The van der Waals surface area contributed by atoms with Gasteiger partial charge in [0.15, 0.2) is 23.5 Å². The van der Waals surface area contributed by atoms with E-state index >= 15 is 0 Å². The van der Waals surface area contributed by atoms with Crippen molar-refractivity contribution in [1.82, 2.24) is 19.5 Å². The van der Waals surface area contributed by atoms with Crippen LogP contribution in [0.25, 0.3) is 11.2 Å². The van der Waals surface area contributed by atoms with Crippen molar-refractivity contribution >= 4 is 46.5 Å². The molecule has 44 heavy (non-hydrogen) atoms. The van der Waals surface area contributed by atoms with Crippen molar-refractivity contribution in [2.45, 2.75) is 25.4 Å². The number of hydrogen-bond donors (Lipinski definition) is 2. The van der Waals surface area contributed by atoms with E-state index in [0.717, 1.165) is 0 Å². The van der Waals surface area contributed by atoms with Gasteiger partial charge in [-0.1, -0.05) is 54.6 Å². The molecule has 1 saturated heterocycles. The van der Waals surface area contributed by atoms with Crippen LogP contribution in [0.1, 0.15) is 23.5 Å². The molecule has 0 radical (unpaired) electrons. The maximum absolute atomic E-state index is 13.7. The summed E-state index contributed by atoms with van der Waals surface area (Å²) in [6.07, 6.45) is -2.81. The maximum Gasteiger partial charge on any atom is 0.425 e. The molecular formula is C31H26N6O7. The zero-order valence-electron chi connectivity index (χ0n) is 23.3. The quantitative estimate of drug-likeness (QED) is 0.261. The lowest BCUT2D eigenvalue weighted by atomic mass is 10.2. The summed E-state index contributed by atoms with van der Waals surface area (Å²) in [7, 11) is 0. The zero-order valence-corrected chi connectivity index (χ0v) is 23.3. The van der Waals surface area contributed by atoms with Crippen LogP contribution in [0.15, 0.2) is 97.3 Å². The van der Waals surface area contributed by atoms with Gasteiger partial charge in [0.1, 0.15) is 6.10 Å². The molecule has 13 nitrogen and oxygen atoms in total. The minimum Gasteiger partial charge on any atom is -0.453 e. The summed E-state index contributed by atoms with van der Waals surface area (Å²) in [5.74, 6) is -1.48. The van der Waals surface area contributed by atoms with Gasteiger partial charge in [-0.15, -0.1) is 0 Å². The fourth-order valence-corrected chi connectivity index (χ4v) is 4.71. The number of hydrogen-bond acceptors (Lipinski definition) is 10. The number of anilines is 3. The Labute approximate surface area is 250 Å². The lowest BCUT2D eigenvalue weighted by Crippen LogP contribution is -2.32. The van der Waals surface area contributed by atoms with Crippen molar-refractivity contribution in [3.05, 3.63) is 103 Å². The number of imidazole rings is 1. The summed E-state index contributed by atoms with van der Waals surface area (Å²) in [5.41, 5.74) is 1.57. The fourth-order valence-electron chi connectivity index (χ4n) is 4.71. The molecule has 0 aliphatic carbocycles. The van der Waals surface area contributed by atoms with Gasteiger partial charge in [0.05, 0.1) is 29.9 Å². The van der Waals surface area contributed by atoms with Crippen molar-refractivity contribution < 1.29 is 33.7 Å². The largest absolute Gasteiger partial charge is 0.453 e. The summed E-state index contributed by atoms with van der Waals surface area (Å²) < 4.78 is 18.5. The molecule has 5 aromatic rings. The molecule has 0 spiro atoms. The number of aliphatic hydroxyl groups is 1. The van der Waals surface area contributed by atoms with Crippen molar-refractivity contribution in [1.29, 1.82) is 0 Å². The topological polar surface area (TPSA) is 158 Å². The van der Waals surface area contributed by atoms with E-state index in [-0.39, 0.29) is 29.6 Å². The number of carbonyl (C=O) groups is 3. The number of nitrogens with zero attached hydrogens (tertiary/aromatic N) is 5. The molecule has 1 aliphatic rings. The number of aromatic nitrogens is 4. The van der Waals surface area contributed by atoms with E-state index in [2.05, 4.69) is 20.3 Å². The van der Waals surface area contributed by atoms with Crippen LogP contribution < -0.4 is 15.0 Å². The van der Waals surface area contributed by atoms with Gasteiger partial charge >= 0.3 is 12.1 Å². The second-order valence-corrected chi connectivity index (χ2v) is 9.76. The van der Waals surface area contributed by atoms with Crippen LogP contribution in [0, 0.1) is 0 Å². The van der Waals surface area contributed by atoms with E-state index in [1.165, 1.54) is 22.7 Å². The molecule has 0 saturated carbocycles. The summed E-state index contributed by atoms with van der Waals surface area (Å²) in [6.45, 7) is 1.18. The zero-order chi connectivity index (χ0) is 30.6. The van der Waals surface area contributed by atoms with E-state index in [0.29, 0.717) is 16.9 Å². The SMILES string of the molecule is CC(=O)Nc1nc(OC(=O)N(c2ccccc2)c2ccccc2)c2ncn([C@@H]3OC[C@H](OC(=O)c4ccccc4)[C@H]3O)c2n1. The van der Waals surface area contributed by atoms with Gasteiger partial charge < -0.3 is 19.3 Å². The molecule has 2 amide bonds. The normalized spacial score (nSPS) is 17.6. The van der Waals surface area contributed by atoms with Crippen molar-refractivity contribution in [3.8, 4) is 5.88 Å². The highest BCUT2D eigenvalue weighted by Crippen LogP contribution is 2.33. The Bertz CT molecular complexity index is 1760. The molecular weight excluding hydrogens is 568 g/mol. The van der Waals surface area contributed by atoms with Gasteiger partial charge in [-0.3, -0.25) is 14.7 Å². The Balaban J connectivity index is 1.32. The summed E-state index contributed by atoms with van der Waals surface area (Å²) >= 11 is 0. The number of esters is 1. The molecule has 6 rings (SSSR count). The standard InChI is InChI=1S/C31H26N6O7/c1-19(38)33-30-34-26-24(27(35-30)44-31(41)37(21-13-7-3-8-14-21)22-15-9-4-10-16-22)32-18-36(26)28-25(39)23(17-42-28)43-29(40)20-11-5-2-6-12-20/h2-16,18,23,25,28,39H,17H2,1H3,(H,33,34,35,38)/t23-,25+,28+/m0/s1. The van der Waals surface area contributed by atoms with Crippen molar-refractivity contribution in [2.24, 2.45) is 0 Å². The lowest BCUT2D eigenvalue weighted by molar-refractivity contribution is -0.114. The molecule has 1 fully saturated rings. The number of para-hydroxylation sites is 2. The first-order valence-corrected chi connectivity index (χ1v) is 13.6. The van der Waals surface area contributed by atoms with Gasteiger partial charge in [-0.25, -0.2) is 19.5 Å². The van der Waals surface area contributed by atoms with Crippen LogP contribution >= 0.6 is 0 Å². The average molecular weight is 595 g/mol. The molecule has 3 atom stereocenters. The van der Waals surface area contributed by atoms with Crippen molar-refractivity contribution in [2.75, 3.05) is 16.8 Å². The molecule has 222 valence electrons. The first-order chi connectivity index (χ1) is 21.4. The Kier molecular flexibility index (Phi) is 7.95. The number of rotatable bonds is 7. The Morgan fingerprint density at radius 3 is 2.16 bits per heavy atom. The number of benzene rings is 3. The molecule has 13 heteroatoms. The van der Waals surface area contributed by atoms with Crippen LogP contribution in [0.5, 0.6) is 5.88 Å². The molecule has 1 aliphatic heterocycles. The fraction of sp³-hybridized carbons (Fsp3) is 0.161. The van der Waals surface area contributed by atoms with E-state index in [9.17, 15) is 19.5 Å². The van der Waals surface area contributed by atoms with Gasteiger partial charge in [0, 0.05) is 6.92 Å². The second-order valence-electron chi connectivity index (χ2n) is 9.76. The third kappa shape index (κ3) is 5.82. The Hall–Kier alpha value is -5.66. The van der Waals surface area contributed by atoms with E-state index in [1.807, 2.05) is 12.1 Å². The van der Waals surface area contributed by atoms with Crippen LogP contribution in [0.3, 0.4) is 0 Å². The van der Waals surface area contributed by atoms with Crippen molar-refractivity contribution in [3.63, 3.8) is 0 Å². The highest BCUT2D eigenvalue weighted by atomic mass is 16.6. The average Bonchev–Trinajstić information content (AvgIpc) is 3.61. The van der Waals surface area contributed by atoms with E-state index in [1.54, 1.807) is 78.9 Å². The smallest absolute Gasteiger partial charge is 0.425 e. The predicted molar refractivity (Wildman–Crippen MR) is 157 cm³/mol. The third-order valence-corrected chi connectivity index (χ3v) is 6.72. The molecule has 2 N–H and O–H groups in total. The monoisotopic (exact) mass is 594 g/mol. The number of ether oxygens (including phenoxy) is 3. The van der Waals surface area contributed by atoms with E-state index in [4.69, 9.17) is 14.2 Å². The van der Waals surface area contributed by atoms with E-state index < -0.39 is 36.4 Å². The summed E-state index contributed by atoms with van der Waals surface area (Å²) in [5, 5.41) is 13.6. The van der Waals surface area contributed by atoms with Crippen LogP contribution in [-0.2, 0) is 14.3 Å². The second kappa shape index (κ2) is 12.3. The van der Waals surface area contributed by atoms with Gasteiger partial charge in [-0.2, -0.15) is 9.97 Å². The minimum atomic E-state index is -1.29.